The van der Waals surface area contributed by atoms with Crippen molar-refractivity contribution in [1.82, 2.24) is 0 Å². The molecule has 0 aromatic heterocycles. The predicted octanol–water partition coefficient (Wildman–Crippen LogP) is 3.32. The van der Waals surface area contributed by atoms with Crippen LogP contribution in [0.25, 0.3) is 0 Å². The third kappa shape index (κ3) is 6.18. The zero-order valence-electron chi connectivity index (χ0n) is 11.8. The van der Waals surface area contributed by atoms with Crippen LogP contribution in [0.2, 0.25) is 0 Å². The lowest BCUT2D eigenvalue weighted by atomic mass is 9.96. The highest BCUT2D eigenvalue weighted by Gasteiger charge is 2.08. The Balaban J connectivity index is 2.28. The van der Waals surface area contributed by atoms with E-state index < -0.39 is 0 Å². The second-order valence-corrected chi connectivity index (χ2v) is 5.05. The molecule has 0 aliphatic rings. The molecule has 0 aliphatic carbocycles. The molecule has 2 N–H and O–H groups in total. The number of unbranched alkanes of at least 4 members (excludes halogenated alkanes) is 1. The summed E-state index contributed by atoms with van der Waals surface area (Å²) in [4.78, 5) is 0. The van der Waals surface area contributed by atoms with E-state index >= 15 is 0 Å². The van der Waals surface area contributed by atoms with Gasteiger partial charge in [0.05, 0.1) is 0 Å². The number of hydrogen-bond acceptors (Lipinski definition) is 2. The van der Waals surface area contributed by atoms with Gasteiger partial charge in [-0.2, -0.15) is 0 Å². The minimum absolute atomic E-state index is 0.536. The zero-order chi connectivity index (χ0) is 13.2. The minimum Gasteiger partial charge on any atom is -0.381 e. The Morgan fingerprint density at radius 1 is 1.28 bits per heavy atom. The van der Waals surface area contributed by atoms with Gasteiger partial charge in [-0.25, -0.2) is 0 Å². The van der Waals surface area contributed by atoms with Crippen molar-refractivity contribution in [2.24, 2.45) is 11.7 Å². The fraction of sp³-hybridized carbons (Fsp3) is 0.625. The Labute approximate surface area is 112 Å². The van der Waals surface area contributed by atoms with Crippen LogP contribution in [-0.4, -0.2) is 19.8 Å². The van der Waals surface area contributed by atoms with Crippen LogP contribution >= 0.6 is 0 Å². The topological polar surface area (TPSA) is 35.2 Å². The molecule has 2 heteroatoms. The summed E-state index contributed by atoms with van der Waals surface area (Å²) in [6.07, 6.45) is 4.48. The molecule has 0 radical (unpaired) electrons. The number of hydrogen-bond donors (Lipinski definition) is 1. The van der Waals surface area contributed by atoms with Crippen LogP contribution < -0.4 is 5.73 Å². The van der Waals surface area contributed by atoms with Crippen molar-refractivity contribution in [3.63, 3.8) is 0 Å². The lowest BCUT2D eigenvalue weighted by molar-refractivity contribution is 0.118. The van der Waals surface area contributed by atoms with Gasteiger partial charge in [-0.3, -0.25) is 0 Å². The van der Waals surface area contributed by atoms with Gasteiger partial charge in [0.25, 0.3) is 0 Å². The average molecular weight is 249 g/mol. The molecule has 0 fully saturated rings. The largest absolute Gasteiger partial charge is 0.381 e. The normalized spacial score (nSPS) is 12.6. The minimum atomic E-state index is 0.536. The van der Waals surface area contributed by atoms with Gasteiger partial charge in [-0.15, -0.1) is 0 Å². The molecule has 1 aromatic carbocycles. The van der Waals surface area contributed by atoms with E-state index in [1.54, 1.807) is 0 Å². The van der Waals surface area contributed by atoms with Crippen molar-refractivity contribution in [3.05, 3.63) is 35.4 Å². The Kier molecular flexibility index (Phi) is 7.70. The maximum absolute atomic E-state index is 5.84. The van der Waals surface area contributed by atoms with Crippen LogP contribution in [-0.2, 0) is 11.2 Å². The zero-order valence-corrected chi connectivity index (χ0v) is 11.8. The number of nitrogens with two attached hydrogens (primary N) is 1. The van der Waals surface area contributed by atoms with E-state index in [4.69, 9.17) is 10.5 Å². The second kappa shape index (κ2) is 9.12. The molecule has 1 atom stereocenters. The number of ether oxygens (including phenoxy) is 1. The highest BCUT2D eigenvalue weighted by Crippen LogP contribution is 2.13. The average Bonchev–Trinajstić information content (AvgIpc) is 2.37. The summed E-state index contributed by atoms with van der Waals surface area (Å²) in [6.45, 7) is 6.79. The Morgan fingerprint density at radius 2 is 2.11 bits per heavy atom. The molecular formula is C16H27NO. The van der Waals surface area contributed by atoms with Gasteiger partial charge >= 0.3 is 0 Å². The summed E-state index contributed by atoms with van der Waals surface area (Å²) in [5.41, 5.74) is 8.55. The lowest BCUT2D eigenvalue weighted by Crippen LogP contribution is -2.19. The molecule has 1 aromatic rings. The van der Waals surface area contributed by atoms with Crippen LogP contribution in [0.4, 0.5) is 0 Å². The molecule has 0 spiro atoms. The van der Waals surface area contributed by atoms with Crippen molar-refractivity contribution in [2.45, 2.75) is 39.5 Å². The van der Waals surface area contributed by atoms with Gasteiger partial charge in [0, 0.05) is 13.2 Å². The summed E-state index contributed by atoms with van der Waals surface area (Å²) in [6, 6.07) is 8.69. The molecule has 0 amide bonds. The van der Waals surface area contributed by atoms with E-state index in [1.807, 2.05) is 0 Å². The first-order valence-electron chi connectivity index (χ1n) is 7.09. The Morgan fingerprint density at radius 3 is 2.78 bits per heavy atom. The third-order valence-electron chi connectivity index (χ3n) is 3.25. The van der Waals surface area contributed by atoms with Gasteiger partial charge in [-0.05, 0) is 44.2 Å². The van der Waals surface area contributed by atoms with Gasteiger partial charge in [0.2, 0.25) is 0 Å². The van der Waals surface area contributed by atoms with E-state index in [-0.39, 0.29) is 0 Å². The van der Waals surface area contributed by atoms with Crippen molar-refractivity contribution < 1.29 is 4.74 Å². The Hall–Kier alpha value is -0.860. The van der Waals surface area contributed by atoms with Crippen molar-refractivity contribution in [2.75, 3.05) is 19.8 Å². The van der Waals surface area contributed by atoms with Gasteiger partial charge in [0.15, 0.2) is 0 Å². The van der Waals surface area contributed by atoms with Gasteiger partial charge < -0.3 is 10.5 Å². The molecule has 0 heterocycles. The molecule has 0 bridgehead atoms. The summed E-state index contributed by atoms with van der Waals surface area (Å²) in [7, 11) is 0. The van der Waals surface area contributed by atoms with E-state index in [9.17, 15) is 0 Å². The van der Waals surface area contributed by atoms with Crippen LogP contribution in [0.3, 0.4) is 0 Å². The molecule has 102 valence electrons. The van der Waals surface area contributed by atoms with Gasteiger partial charge in [-0.1, -0.05) is 43.2 Å². The maximum Gasteiger partial charge on any atom is 0.0469 e. The summed E-state index contributed by atoms with van der Waals surface area (Å²) in [5, 5.41) is 0. The maximum atomic E-state index is 5.84. The molecule has 2 nitrogen and oxygen atoms in total. The molecule has 18 heavy (non-hydrogen) atoms. The Bertz CT molecular complexity index is 325. The highest BCUT2D eigenvalue weighted by atomic mass is 16.5. The van der Waals surface area contributed by atoms with E-state index in [1.165, 1.54) is 17.5 Å². The number of aryl methyl sites for hydroxylation is 1. The van der Waals surface area contributed by atoms with Crippen LogP contribution in [0.15, 0.2) is 24.3 Å². The fourth-order valence-electron chi connectivity index (χ4n) is 2.07. The smallest absolute Gasteiger partial charge is 0.0469 e. The van der Waals surface area contributed by atoms with Crippen molar-refractivity contribution in [3.8, 4) is 0 Å². The quantitative estimate of drug-likeness (QED) is 0.681. The van der Waals surface area contributed by atoms with E-state index in [0.717, 1.165) is 39.0 Å². The summed E-state index contributed by atoms with van der Waals surface area (Å²) < 4.78 is 5.61. The summed E-state index contributed by atoms with van der Waals surface area (Å²) in [5.74, 6) is 0.536. The highest BCUT2D eigenvalue weighted by molar-refractivity contribution is 5.22. The molecule has 0 saturated carbocycles. The molecule has 0 aliphatic heterocycles. The second-order valence-electron chi connectivity index (χ2n) is 5.05. The monoisotopic (exact) mass is 249 g/mol. The van der Waals surface area contributed by atoms with Gasteiger partial charge in [0.1, 0.15) is 0 Å². The molecule has 1 unspecified atom stereocenters. The molecule has 1 rings (SSSR count). The first kappa shape index (κ1) is 15.2. The van der Waals surface area contributed by atoms with Crippen LogP contribution in [0.1, 0.15) is 37.3 Å². The lowest BCUT2D eigenvalue weighted by Gasteiger charge is -2.15. The van der Waals surface area contributed by atoms with Crippen LogP contribution in [0, 0.1) is 12.8 Å². The fourth-order valence-corrected chi connectivity index (χ4v) is 2.07. The first-order valence-corrected chi connectivity index (χ1v) is 7.09. The standard InChI is InChI=1S/C16H27NO/c1-3-4-9-18-10-8-16(13-17)12-15-7-5-6-14(2)11-15/h5-7,11,16H,3-4,8-10,12-13,17H2,1-2H3. The van der Waals surface area contributed by atoms with E-state index in [0.29, 0.717) is 5.92 Å². The number of rotatable bonds is 9. The molecule has 0 saturated heterocycles. The van der Waals surface area contributed by atoms with Crippen molar-refractivity contribution in [1.29, 1.82) is 0 Å². The third-order valence-corrected chi connectivity index (χ3v) is 3.25. The van der Waals surface area contributed by atoms with Crippen molar-refractivity contribution >= 4 is 0 Å². The van der Waals surface area contributed by atoms with Crippen LogP contribution in [0.5, 0.6) is 0 Å². The first-order chi connectivity index (χ1) is 8.76. The van der Waals surface area contributed by atoms with E-state index in [2.05, 4.69) is 38.1 Å². The number of benzene rings is 1. The summed E-state index contributed by atoms with van der Waals surface area (Å²) >= 11 is 0. The SMILES string of the molecule is CCCCOCCC(CN)Cc1cccc(C)c1. The molecular weight excluding hydrogens is 222 g/mol. The predicted molar refractivity (Wildman–Crippen MR) is 77.8 cm³/mol.